The van der Waals surface area contributed by atoms with Crippen molar-refractivity contribution in [2.45, 2.75) is 32.4 Å². The van der Waals surface area contributed by atoms with Crippen molar-refractivity contribution in [1.29, 1.82) is 0 Å². The maximum atomic E-state index is 13.8. The van der Waals surface area contributed by atoms with Gasteiger partial charge in [-0.2, -0.15) is 5.10 Å². The molecule has 8 heteroatoms. The van der Waals surface area contributed by atoms with Crippen LogP contribution in [0, 0.1) is 5.82 Å². The Labute approximate surface area is 155 Å². The van der Waals surface area contributed by atoms with E-state index in [1.54, 1.807) is 29.0 Å². The number of nitrogens with one attached hydrogen (secondary N) is 2. The summed E-state index contributed by atoms with van der Waals surface area (Å²) < 4.78 is 21.4. The molecule has 1 aliphatic rings. The maximum Gasteiger partial charge on any atom is 0.224 e. The van der Waals surface area contributed by atoms with Gasteiger partial charge in [0.1, 0.15) is 23.5 Å². The first-order valence-electron chi connectivity index (χ1n) is 8.82. The van der Waals surface area contributed by atoms with Crippen molar-refractivity contribution in [3.05, 3.63) is 53.6 Å². The number of hydrogen-bond acceptors (Lipinski definition) is 5. The number of aromatic nitrogens is 3. The summed E-state index contributed by atoms with van der Waals surface area (Å²) in [6, 6.07) is 5.98. The van der Waals surface area contributed by atoms with Crippen molar-refractivity contribution >= 4 is 17.4 Å². The maximum absolute atomic E-state index is 13.8. The van der Waals surface area contributed by atoms with Gasteiger partial charge in [0.15, 0.2) is 5.65 Å². The van der Waals surface area contributed by atoms with Gasteiger partial charge in [-0.15, -0.1) is 0 Å². The smallest absolute Gasteiger partial charge is 0.224 e. The highest BCUT2D eigenvalue weighted by Gasteiger charge is 2.18. The zero-order valence-electron chi connectivity index (χ0n) is 15.1. The van der Waals surface area contributed by atoms with Crippen molar-refractivity contribution in [2.24, 2.45) is 0 Å². The molecule has 2 bridgehead atoms. The summed E-state index contributed by atoms with van der Waals surface area (Å²) in [7, 11) is 0. The Hall–Kier alpha value is -3.16. The van der Waals surface area contributed by atoms with E-state index in [1.165, 1.54) is 12.1 Å². The summed E-state index contributed by atoms with van der Waals surface area (Å²) in [6.07, 6.45) is 3.34. The van der Waals surface area contributed by atoms with Crippen molar-refractivity contribution in [2.75, 3.05) is 11.9 Å². The summed E-state index contributed by atoms with van der Waals surface area (Å²) >= 11 is 0. The third kappa shape index (κ3) is 3.55. The number of nitrogens with zero attached hydrogens (tertiary/aromatic N) is 3. The molecule has 0 unspecified atom stereocenters. The minimum atomic E-state index is -0.338. The van der Waals surface area contributed by atoms with Crippen LogP contribution in [0.1, 0.15) is 31.0 Å². The molecule has 0 saturated heterocycles. The first kappa shape index (κ1) is 17.3. The second-order valence-corrected chi connectivity index (χ2v) is 6.71. The van der Waals surface area contributed by atoms with Gasteiger partial charge in [0.2, 0.25) is 5.91 Å². The molecule has 0 saturated carbocycles. The number of amides is 1. The van der Waals surface area contributed by atoms with E-state index in [9.17, 15) is 9.18 Å². The predicted octanol–water partition coefficient (Wildman–Crippen LogP) is 2.48. The van der Waals surface area contributed by atoms with E-state index < -0.39 is 0 Å². The van der Waals surface area contributed by atoms with Crippen molar-refractivity contribution in [3.8, 4) is 5.75 Å². The Morgan fingerprint density at radius 3 is 3.00 bits per heavy atom. The van der Waals surface area contributed by atoms with Crippen LogP contribution in [-0.4, -0.2) is 33.2 Å². The summed E-state index contributed by atoms with van der Waals surface area (Å²) in [6.45, 7) is 4.12. The zero-order valence-corrected chi connectivity index (χ0v) is 15.1. The monoisotopic (exact) mass is 369 g/mol. The van der Waals surface area contributed by atoms with Crippen LogP contribution in [0.2, 0.25) is 0 Å². The molecule has 1 aromatic carbocycles. The molecule has 0 fully saturated rings. The van der Waals surface area contributed by atoms with Crippen molar-refractivity contribution in [1.82, 2.24) is 19.9 Å². The van der Waals surface area contributed by atoms with E-state index in [0.29, 0.717) is 29.3 Å². The molecular formula is C19H20FN5O2. The zero-order chi connectivity index (χ0) is 19.0. The van der Waals surface area contributed by atoms with Gasteiger partial charge in [0.05, 0.1) is 25.2 Å². The highest BCUT2D eigenvalue weighted by atomic mass is 19.1. The second kappa shape index (κ2) is 6.86. The molecule has 0 radical (unpaired) electrons. The summed E-state index contributed by atoms with van der Waals surface area (Å²) in [5.41, 5.74) is 2.03. The third-order valence-electron chi connectivity index (χ3n) is 4.51. The average molecular weight is 369 g/mol. The average Bonchev–Trinajstić information content (AvgIpc) is 3.03. The van der Waals surface area contributed by atoms with E-state index in [2.05, 4.69) is 20.7 Å². The number of hydrogen-bond donors (Lipinski definition) is 2. The summed E-state index contributed by atoms with van der Waals surface area (Å²) in [5, 5.41) is 10.4. The lowest BCUT2D eigenvalue weighted by molar-refractivity contribution is -0.120. The summed E-state index contributed by atoms with van der Waals surface area (Å²) in [4.78, 5) is 16.9. The SMILES string of the molecule is C[C@@H]1CNC(=O)Cc2cnn3ccc(nc23)N[C@H](C)c2cc(F)ccc2O1. The first-order chi connectivity index (χ1) is 13.0. The molecule has 2 N–H and O–H groups in total. The second-order valence-electron chi connectivity index (χ2n) is 6.71. The van der Waals surface area contributed by atoms with Crippen LogP contribution in [0.15, 0.2) is 36.7 Å². The van der Waals surface area contributed by atoms with Gasteiger partial charge >= 0.3 is 0 Å². The van der Waals surface area contributed by atoms with Crippen LogP contribution in [0.5, 0.6) is 5.75 Å². The molecule has 1 amide bonds. The predicted molar refractivity (Wildman–Crippen MR) is 98.2 cm³/mol. The Kier molecular flexibility index (Phi) is 4.39. The first-order valence-corrected chi connectivity index (χ1v) is 8.82. The van der Waals surface area contributed by atoms with Crippen molar-refractivity contribution in [3.63, 3.8) is 0 Å². The quantitative estimate of drug-likeness (QED) is 0.636. The highest BCUT2D eigenvalue weighted by Crippen LogP contribution is 2.29. The standard InChI is InChI=1S/C19H20FN5O2/c1-11-9-21-18(26)7-13-10-22-25-6-5-17(24-19(13)25)23-12(2)15-8-14(20)3-4-16(15)27-11/h3-6,8,10-12H,7,9H2,1-2H3,(H,21,26)(H,23,24)/t11-,12-/m1/s1. The number of anilines is 1. The Morgan fingerprint density at radius 1 is 1.30 bits per heavy atom. The fourth-order valence-corrected chi connectivity index (χ4v) is 3.14. The van der Waals surface area contributed by atoms with Gasteiger partial charge in [0.25, 0.3) is 0 Å². The molecule has 0 aliphatic carbocycles. The van der Waals surface area contributed by atoms with E-state index in [4.69, 9.17) is 4.74 Å². The molecule has 3 aromatic rings. The van der Waals surface area contributed by atoms with Crippen LogP contribution in [0.25, 0.3) is 5.65 Å². The van der Waals surface area contributed by atoms with Crippen LogP contribution < -0.4 is 15.4 Å². The molecule has 0 spiro atoms. The van der Waals surface area contributed by atoms with Crippen LogP contribution in [0.3, 0.4) is 0 Å². The van der Waals surface area contributed by atoms with Gasteiger partial charge in [-0.25, -0.2) is 13.9 Å². The van der Waals surface area contributed by atoms with E-state index in [0.717, 1.165) is 5.56 Å². The van der Waals surface area contributed by atoms with Gasteiger partial charge in [-0.1, -0.05) is 0 Å². The lowest BCUT2D eigenvalue weighted by Crippen LogP contribution is -2.34. The molecule has 27 heavy (non-hydrogen) atoms. The van der Waals surface area contributed by atoms with Crippen LogP contribution in [-0.2, 0) is 11.2 Å². The molecule has 140 valence electrons. The fourth-order valence-electron chi connectivity index (χ4n) is 3.14. The Balaban J connectivity index is 1.78. The minimum absolute atomic E-state index is 0.134. The van der Waals surface area contributed by atoms with Crippen LogP contribution in [0.4, 0.5) is 10.2 Å². The number of carbonyl (C=O) groups is 1. The molecular weight excluding hydrogens is 349 g/mol. The van der Waals surface area contributed by atoms with Crippen LogP contribution >= 0.6 is 0 Å². The number of halogens is 1. The van der Waals surface area contributed by atoms with Gasteiger partial charge in [-0.3, -0.25) is 4.79 Å². The van der Waals surface area contributed by atoms with E-state index >= 15 is 0 Å². The fraction of sp³-hybridized carbons (Fsp3) is 0.316. The third-order valence-corrected chi connectivity index (χ3v) is 4.51. The number of fused-ring (bicyclic) bond motifs is 2. The normalized spacial score (nSPS) is 20.3. The number of rotatable bonds is 0. The van der Waals surface area contributed by atoms with Gasteiger partial charge in [0, 0.05) is 17.3 Å². The van der Waals surface area contributed by atoms with E-state index in [-0.39, 0.29) is 30.3 Å². The molecule has 4 rings (SSSR count). The molecule has 3 heterocycles. The summed E-state index contributed by atoms with van der Waals surface area (Å²) in [5.74, 6) is 0.707. The lowest BCUT2D eigenvalue weighted by Gasteiger charge is -2.22. The van der Waals surface area contributed by atoms with Crippen molar-refractivity contribution < 1.29 is 13.9 Å². The molecule has 1 aliphatic heterocycles. The lowest BCUT2D eigenvalue weighted by atomic mass is 10.1. The number of carbonyl (C=O) groups excluding carboxylic acids is 1. The Morgan fingerprint density at radius 2 is 2.15 bits per heavy atom. The Bertz CT molecular complexity index is 1000. The number of benzene rings is 1. The topological polar surface area (TPSA) is 80.6 Å². The van der Waals surface area contributed by atoms with Gasteiger partial charge < -0.3 is 15.4 Å². The molecule has 2 aromatic heterocycles. The van der Waals surface area contributed by atoms with Gasteiger partial charge in [-0.05, 0) is 38.1 Å². The molecule has 7 nitrogen and oxygen atoms in total. The molecule has 2 atom stereocenters. The highest BCUT2D eigenvalue weighted by molar-refractivity contribution is 5.80. The van der Waals surface area contributed by atoms with E-state index in [1.807, 2.05) is 13.8 Å². The minimum Gasteiger partial charge on any atom is -0.489 e. The number of ether oxygens (including phenoxy) is 1. The largest absolute Gasteiger partial charge is 0.489 e.